The Kier molecular flexibility index (Phi) is 9.64. The van der Waals surface area contributed by atoms with Gasteiger partial charge in [-0.3, -0.25) is 0 Å². The normalized spacial score (nSPS) is 12.5. The smallest absolute Gasteiger partial charge is 0.357 e. The van der Waals surface area contributed by atoms with Gasteiger partial charge in [0.05, 0.1) is 29.9 Å². The second-order valence-corrected chi connectivity index (χ2v) is 6.67. The van der Waals surface area contributed by atoms with Gasteiger partial charge < -0.3 is 10.6 Å². The Labute approximate surface area is 193 Å². The summed E-state index contributed by atoms with van der Waals surface area (Å²) in [5, 5.41) is 9.39. The molecule has 0 saturated carbocycles. The van der Waals surface area contributed by atoms with Gasteiger partial charge in [-0.15, -0.1) is 24.0 Å². The fourth-order valence-corrected chi connectivity index (χ4v) is 2.82. The van der Waals surface area contributed by atoms with E-state index in [1.54, 1.807) is 26.8 Å². The molecule has 1 aromatic carbocycles. The predicted molar refractivity (Wildman–Crippen MR) is 117 cm³/mol. The van der Waals surface area contributed by atoms with Crippen LogP contribution < -0.4 is 10.6 Å². The maximum Gasteiger partial charge on any atom is 0.416 e. The van der Waals surface area contributed by atoms with Crippen molar-refractivity contribution in [2.45, 2.75) is 46.1 Å². The van der Waals surface area contributed by atoms with Crippen molar-refractivity contribution >= 4 is 29.9 Å². The van der Waals surface area contributed by atoms with Crippen LogP contribution >= 0.6 is 24.0 Å². The third-order valence-electron chi connectivity index (χ3n) is 4.11. The van der Waals surface area contributed by atoms with E-state index in [0.29, 0.717) is 17.9 Å². The van der Waals surface area contributed by atoms with Gasteiger partial charge in [0.25, 0.3) is 0 Å². The summed E-state index contributed by atoms with van der Waals surface area (Å²) in [4.78, 5) is 4.01. The van der Waals surface area contributed by atoms with E-state index in [4.69, 9.17) is 0 Å². The van der Waals surface area contributed by atoms with Crippen molar-refractivity contribution in [3.05, 3.63) is 46.8 Å². The van der Waals surface area contributed by atoms with Gasteiger partial charge in [-0.1, -0.05) is 6.07 Å². The van der Waals surface area contributed by atoms with Crippen molar-refractivity contribution in [2.75, 3.05) is 13.1 Å². The number of halogens is 7. The maximum atomic E-state index is 13.6. The van der Waals surface area contributed by atoms with E-state index in [1.165, 1.54) is 16.8 Å². The maximum absolute atomic E-state index is 13.6. The van der Waals surface area contributed by atoms with Crippen molar-refractivity contribution in [3.63, 3.8) is 0 Å². The molecule has 2 N–H and O–H groups in total. The molecule has 0 spiro atoms. The fourth-order valence-electron chi connectivity index (χ4n) is 2.82. The van der Waals surface area contributed by atoms with Crippen LogP contribution in [0.15, 0.2) is 29.3 Å². The molecule has 0 atom stereocenters. The Morgan fingerprint density at radius 3 is 2.26 bits per heavy atom. The molecule has 0 radical (unpaired) electrons. The SMILES string of the molecule is CCNC(=NCc1ccc(-n2nc(C)cc2C)cc1C(F)(F)F)NCCC(F)(F)F.I. The molecule has 0 unspecified atom stereocenters. The van der Waals surface area contributed by atoms with Gasteiger partial charge in [-0.25, -0.2) is 9.67 Å². The van der Waals surface area contributed by atoms with Crippen LogP contribution in [0.3, 0.4) is 0 Å². The lowest BCUT2D eigenvalue weighted by Gasteiger charge is -2.16. The summed E-state index contributed by atoms with van der Waals surface area (Å²) in [5.41, 5.74) is 0.656. The second kappa shape index (κ2) is 11.0. The van der Waals surface area contributed by atoms with Crippen molar-refractivity contribution in [3.8, 4) is 5.69 Å². The molecule has 2 aromatic rings. The minimum Gasteiger partial charge on any atom is -0.357 e. The van der Waals surface area contributed by atoms with Gasteiger partial charge in [-0.2, -0.15) is 31.4 Å². The number of benzene rings is 1. The Hall–Kier alpha value is -1.99. The molecule has 0 aliphatic heterocycles. The average molecular weight is 563 g/mol. The number of alkyl halides is 6. The highest BCUT2D eigenvalue weighted by Gasteiger charge is 2.34. The lowest BCUT2D eigenvalue weighted by atomic mass is 10.1. The molecule has 0 aliphatic carbocycles. The highest BCUT2D eigenvalue weighted by molar-refractivity contribution is 14.0. The van der Waals surface area contributed by atoms with E-state index in [0.717, 1.165) is 6.07 Å². The van der Waals surface area contributed by atoms with Crippen LogP contribution in [-0.2, 0) is 12.7 Å². The van der Waals surface area contributed by atoms with E-state index >= 15 is 0 Å². The Morgan fingerprint density at radius 1 is 1.06 bits per heavy atom. The number of hydrogen-bond acceptors (Lipinski definition) is 2. The summed E-state index contributed by atoms with van der Waals surface area (Å²) in [7, 11) is 0. The number of nitrogens with zero attached hydrogens (tertiary/aromatic N) is 3. The highest BCUT2D eigenvalue weighted by atomic mass is 127. The topological polar surface area (TPSA) is 54.2 Å². The lowest BCUT2D eigenvalue weighted by Crippen LogP contribution is -2.38. The summed E-state index contributed by atoms with van der Waals surface area (Å²) in [6.45, 7) is 4.74. The molecular weight excluding hydrogens is 539 g/mol. The van der Waals surface area contributed by atoms with Crippen LogP contribution in [0.25, 0.3) is 5.69 Å². The van der Waals surface area contributed by atoms with Gasteiger partial charge in [0, 0.05) is 18.8 Å². The van der Waals surface area contributed by atoms with E-state index < -0.39 is 30.9 Å². The van der Waals surface area contributed by atoms with Crippen LogP contribution in [0.1, 0.15) is 35.9 Å². The van der Waals surface area contributed by atoms with Gasteiger partial charge in [0.15, 0.2) is 5.96 Å². The van der Waals surface area contributed by atoms with E-state index in [9.17, 15) is 26.3 Å². The molecule has 12 heteroatoms. The van der Waals surface area contributed by atoms with Crippen molar-refractivity contribution < 1.29 is 26.3 Å². The van der Waals surface area contributed by atoms with Crippen LogP contribution in [0.5, 0.6) is 0 Å². The highest BCUT2D eigenvalue weighted by Crippen LogP contribution is 2.34. The van der Waals surface area contributed by atoms with Crippen LogP contribution in [0.2, 0.25) is 0 Å². The molecule has 1 aromatic heterocycles. The first-order valence-corrected chi connectivity index (χ1v) is 9.23. The Morgan fingerprint density at radius 2 is 1.74 bits per heavy atom. The Balaban J connectivity index is 0.00000480. The van der Waals surface area contributed by atoms with Gasteiger partial charge >= 0.3 is 12.4 Å². The summed E-state index contributed by atoms with van der Waals surface area (Å²) in [6.07, 6.45) is -10.0. The average Bonchev–Trinajstić information content (AvgIpc) is 2.96. The largest absolute Gasteiger partial charge is 0.416 e. The first-order chi connectivity index (χ1) is 13.9. The molecule has 31 heavy (non-hydrogen) atoms. The summed E-state index contributed by atoms with van der Waals surface area (Å²) >= 11 is 0. The molecule has 5 nitrogen and oxygen atoms in total. The van der Waals surface area contributed by atoms with E-state index in [-0.39, 0.29) is 47.7 Å². The zero-order valence-electron chi connectivity index (χ0n) is 17.2. The van der Waals surface area contributed by atoms with Gasteiger partial charge in [-0.05, 0) is 44.5 Å². The number of guanidine groups is 1. The second-order valence-electron chi connectivity index (χ2n) is 6.67. The zero-order chi connectivity index (χ0) is 22.5. The molecule has 0 fully saturated rings. The summed E-state index contributed by atoms with van der Waals surface area (Å²) < 4.78 is 79.2. The molecular formula is C19H24F6IN5. The summed E-state index contributed by atoms with van der Waals surface area (Å²) in [6, 6.07) is 5.55. The van der Waals surface area contributed by atoms with Gasteiger partial charge in [0.1, 0.15) is 0 Å². The number of aryl methyl sites for hydroxylation is 2. The third-order valence-corrected chi connectivity index (χ3v) is 4.11. The molecule has 2 rings (SSSR count). The third kappa shape index (κ3) is 8.22. The standard InChI is InChI=1S/C19H23F6N5.HI/c1-4-26-17(27-8-7-18(20,21)22)28-11-14-5-6-15(10-16(14)19(23,24)25)30-13(3)9-12(2)29-30;/h5-6,9-10H,4,7-8,11H2,1-3H3,(H2,26,27,28);1H. The Bertz CT molecular complexity index is 889. The van der Waals surface area contributed by atoms with E-state index in [2.05, 4.69) is 20.7 Å². The molecule has 0 aliphatic rings. The minimum absolute atomic E-state index is 0. The number of aliphatic imine (C=N–C) groups is 1. The number of nitrogens with one attached hydrogen (secondary N) is 2. The first kappa shape index (κ1) is 27.0. The molecule has 0 saturated heterocycles. The van der Waals surface area contributed by atoms with Gasteiger partial charge in [0.2, 0.25) is 0 Å². The number of rotatable bonds is 6. The van der Waals surface area contributed by atoms with E-state index in [1.807, 2.05) is 0 Å². The monoisotopic (exact) mass is 563 g/mol. The molecule has 174 valence electrons. The number of hydrogen-bond donors (Lipinski definition) is 2. The van der Waals surface area contributed by atoms with Crippen LogP contribution in [0, 0.1) is 13.8 Å². The van der Waals surface area contributed by atoms with Crippen LogP contribution in [-0.4, -0.2) is 35.0 Å². The lowest BCUT2D eigenvalue weighted by molar-refractivity contribution is -0.138. The first-order valence-electron chi connectivity index (χ1n) is 9.23. The molecule has 1 heterocycles. The predicted octanol–water partition coefficient (Wildman–Crippen LogP) is 5.13. The molecule has 0 amide bonds. The quantitative estimate of drug-likeness (QED) is 0.222. The molecule has 0 bridgehead atoms. The van der Waals surface area contributed by atoms with Crippen molar-refractivity contribution in [2.24, 2.45) is 4.99 Å². The number of aromatic nitrogens is 2. The van der Waals surface area contributed by atoms with Crippen molar-refractivity contribution in [1.29, 1.82) is 0 Å². The fraction of sp³-hybridized carbons (Fsp3) is 0.474. The summed E-state index contributed by atoms with van der Waals surface area (Å²) in [5.74, 6) is 0.0116. The zero-order valence-corrected chi connectivity index (χ0v) is 19.5. The van der Waals surface area contributed by atoms with Crippen molar-refractivity contribution in [1.82, 2.24) is 20.4 Å². The van der Waals surface area contributed by atoms with Crippen LogP contribution in [0.4, 0.5) is 26.3 Å². The minimum atomic E-state index is -4.63.